The van der Waals surface area contributed by atoms with Crippen molar-refractivity contribution in [3.63, 3.8) is 0 Å². The van der Waals surface area contributed by atoms with E-state index in [1.165, 1.54) is 4.88 Å². The van der Waals surface area contributed by atoms with Gasteiger partial charge < -0.3 is 15.0 Å². The van der Waals surface area contributed by atoms with Gasteiger partial charge in [0.25, 0.3) is 5.91 Å². The maximum Gasteiger partial charge on any atom is 0.325 e. The van der Waals surface area contributed by atoms with Gasteiger partial charge in [-0.05, 0) is 48.9 Å². The Morgan fingerprint density at radius 2 is 1.94 bits per heavy atom. The lowest BCUT2D eigenvalue weighted by Gasteiger charge is -2.31. The number of nitrogens with zero attached hydrogens (tertiary/aromatic N) is 2. The summed E-state index contributed by atoms with van der Waals surface area (Å²) in [6.07, 6.45) is 3.83. The first-order valence-corrected chi connectivity index (χ1v) is 11.9. The quantitative estimate of drug-likeness (QED) is 0.617. The Labute approximate surface area is 192 Å². The van der Waals surface area contributed by atoms with E-state index in [1.807, 2.05) is 42.6 Å². The Morgan fingerprint density at radius 1 is 1.22 bits per heavy atom. The molecule has 2 aliphatic rings. The smallest absolute Gasteiger partial charge is 0.325 e. The van der Waals surface area contributed by atoms with Crippen LogP contribution in [0.25, 0.3) is 0 Å². The first kappa shape index (κ1) is 22.3. The molecule has 1 saturated carbocycles. The number of methoxy groups -OCH3 is 1. The normalized spacial score (nSPS) is 18.1. The Bertz CT molecular complexity index is 968. The van der Waals surface area contributed by atoms with Crippen molar-refractivity contribution in [1.29, 1.82) is 0 Å². The molecular weight excluding hydrogens is 426 g/mol. The summed E-state index contributed by atoms with van der Waals surface area (Å²) in [7, 11) is 1.61. The molecule has 0 radical (unpaired) electrons. The summed E-state index contributed by atoms with van der Waals surface area (Å²) in [5.74, 6) is 0.256. The fourth-order valence-corrected chi connectivity index (χ4v) is 5.44. The second-order valence-electron chi connectivity index (χ2n) is 8.61. The molecule has 1 N–H and O–H groups in total. The van der Waals surface area contributed by atoms with Crippen molar-refractivity contribution in [2.45, 2.75) is 57.2 Å². The van der Waals surface area contributed by atoms with Gasteiger partial charge in [0, 0.05) is 23.9 Å². The molecule has 1 aromatic heterocycles. The number of imide groups is 1. The summed E-state index contributed by atoms with van der Waals surface area (Å²) in [6, 6.07) is 11.1. The molecule has 1 aliphatic heterocycles. The number of rotatable bonds is 8. The van der Waals surface area contributed by atoms with Gasteiger partial charge in [0.2, 0.25) is 5.91 Å². The molecule has 8 heteroatoms. The van der Waals surface area contributed by atoms with Crippen molar-refractivity contribution in [2.24, 2.45) is 0 Å². The highest BCUT2D eigenvalue weighted by molar-refractivity contribution is 7.09. The van der Waals surface area contributed by atoms with Crippen molar-refractivity contribution in [3.05, 3.63) is 52.2 Å². The maximum absolute atomic E-state index is 13.4. The minimum atomic E-state index is -0.805. The molecule has 32 heavy (non-hydrogen) atoms. The van der Waals surface area contributed by atoms with Crippen molar-refractivity contribution in [2.75, 3.05) is 13.7 Å². The summed E-state index contributed by atoms with van der Waals surface area (Å²) in [6.45, 7) is 2.16. The third-order valence-corrected chi connectivity index (χ3v) is 7.34. The van der Waals surface area contributed by atoms with Crippen LogP contribution in [0.15, 0.2) is 41.8 Å². The second kappa shape index (κ2) is 9.32. The molecule has 7 nitrogen and oxygen atoms in total. The molecule has 0 unspecified atom stereocenters. The molecule has 1 aromatic carbocycles. The van der Waals surface area contributed by atoms with E-state index in [0.717, 1.165) is 29.1 Å². The highest BCUT2D eigenvalue weighted by Crippen LogP contribution is 2.35. The van der Waals surface area contributed by atoms with E-state index in [4.69, 9.17) is 4.74 Å². The predicted octanol–water partition coefficient (Wildman–Crippen LogP) is 3.58. The molecule has 1 saturated heterocycles. The third kappa shape index (κ3) is 4.50. The number of ether oxygens (including phenoxy) is 1. The van der Waals surface area contributed by atoms with Gasteiger partial charge in [-0.2, -0.15) is 0 Å². The average molecular weight is 456 g/mol. The number of hydrogen-bond acceptors (Lipinski definition) is 5. The second-order valence-corrected chi connectivity index (χ2v) is 9.65. The van der Waals surface area contributed by atoms with Crippen molar-refractivity contribution in [1.82, 2.24) is 15.1 Å². The lowest BCUT2D eigenvalue weighted by atomic mass is 9.98. The molecular formula is C24H29N3O4S. The Hall–Kier alpha value is -2.87. The minimum absolute atomic E-state index is 0.0931. The molecule has 1 aliphatic carbocycles. The minimum Gasteiger partial charge on any atom is -0.497 e. The SMILES string of the molecule is COc1ccc(CN(C(=O)CN2C(=O)NC3(CCCC3)C2=O)[C@H](C)Cc2cccs2)cc1. The Balaban J connectivity index is 1.51. The number of thiophene rings is 1. The summed E-state index contributed by atoms with van der Waals surface area (Å²) in [5.41, 5.74) is 0.155. The van der Waals surface area contributed by atoms with Crippen LogP contribution in [-0.4, -0.2) is 52.9 Å². The zero-order valence-corrected chi connectivity index (χ0v) is 19.3. The molecule has 2 fully saturated rings. The van der Waals surface area contributed by atoms with E-state index in [-0.39, 0.29) is 24.4 Å². The number of nitrogens with one attached hydrogen (secondary N) is 1. The lowest BCUT2D eigenvalue weighted by molar-refractivity contribution is -0.140. The summed E-state index contributed by atoms with van der Waals surface area (Å²) in [4.78, 5) is 43.1. The molecule has 2 heterocycles. The van der Waals surface area contributed by atoms with Gasteiger partial charge in [-0.3, -0.25) is 14.5 Å². The average Bonchev–Trinajstić information content (AvgIpc) is 3.52. The van der Waals surface area contributed by atoms with E-state index < -0.39 is 11.6 Å². The Morgan fingerprint density at radius 3 is 2.56 bits per heavy atom. The molecule has 4 rings (SSSR count). The van der Waals surface area contributed by atoms with Gasteiger partial charge in [-0.25, -0.2) is 4.79 Å². The van der Waals surface area contributed by atoms with Crippen LogP contribution in [0.2, 0.25) is 0 Å². The van der Waals surface area contributed by atoms with Crippen molar-refractivity contribution < 1.29 is 19.1 Å². The maximum atomic E-state index is 13.4. The topological polar surface area (TPSA) is 79.0 Å². The Kier molecular flexibility index (Phi) is 6.50. The number of benzene rings is 1. The third-order valence-electron chi connectivity index (χ3n) is 6.44. The van der Waals surface area contributed by atoms with Gasteiger partial charge in [0.1, 0.15) is 17.8 Å². The zero-order chi connectivity index (χ0) is 22.7. The number of urea groups is 1. The molecule has 2 aromatic rings. The van der Waals surface area contributed by atoms with E-state index in [1.54, 1.807) is 23.3 Å². The largest absolute Gasteiger partial charge is 0.497 e. The van der Waals surface area contributed by atoms with Crippen LogP contribution in [0.1, 0.15) is 43.0 Å². The van der Waals surface area contributed by atoms with Crippen LogP contribution in [0.3, 0.4) is 0 Å². The zero-order valence-electron chi connectivity index (χ0n) is 18.5. The van der Waals surface area contributed by atoms with Crippen LogP contribution in [0, 0.1) is 0 Å². The van der Waals surface area contributed by atoms with Gasteiger partial charge in [-0.1, -0.05) is 31.0 Å². The molecule has 4 amide bonds. The van der Waals surface area contributed by atoms with E-state index in [0.29, 0.717) is 25.8 Å². The van der Waals surface area contributed by atoms with Crippen LogP contribution in [-0.2, 0) is 22.6 Å². The van der Waals surface area contributed by atoms with E-state index in [9.17, 15) is 14.4 Å². The van der Waals surface area contributed by atoms with E-state index in [2.05, 4.69) is 11.4 Å². The monoisotopic (exact) mass is 455 g/mol. The highest BCUT2D eigenvalue weighted by atomic mass is 32.1. The summed E-state index contributed by atoms with van der Waals surface area (Å²) >= 11 is 1.65. The number of carbonyl (C=O) groups excluding carboxylic acids is 3. The fraction of sp³-hybridized carbons (Fsp3) is 0.458. The number of carbonyl (C=O) groups is 3. The van der Waals surface area contributed by atoms with Gasteiger partial charge in [0.05, 0.1) is 7.11 Å². The van der Waals surface area contributed by atoms with Gasteiger partial charge in [0.15, 0.2) is 0 Å². The lowest BCUT2D eigenvalue weighted by Crippen LogP contribution is -2.48. The standard InChI is InChI=1S/C24H29N3O4S/c1-17(14-20-6-5-13-32-20)26(15-18-7-9-19(31-2)10-8-18)21(28)16-27-22(29)24(25-23(27)30)11-3-4-12-24/h5-10,13,17H,3-4,11-12,14-16H2,1-2H3,(H,25,30)/t17-/m1/s1. The molecule has 1 spiro atoms. The first-order valence-electron chi connectivity index (χ1n) is 11.0. The number of amides is 4. The van der Waals surface area contributed by atoms with Crippen LogP contribution >= 0.6 is 11.3 Å². The molecule has 0 bridgehead atoms. The van der Waals surface area contributed by atoms with Crippen molar-refractivity contribution >= 4 is 29.2 Å². The summed E-state index contributed by atoms with van der Waals surface area (Å²) < 4.78 is 5.23. The predicted molar refractivity (Wildman–Crippen MR) is 122 cm³/mol. The van der Waals surface area contributed by atoms with Crippen LogP contribution in [0.5, 0.6) is 5.75 Å². The van der Waals surface area contributed by atoms with Crippen LogP contribution < -0.4 is 10.1 Å². The van der Waals surface area contributed by atoms with E-state index >= 15 is 0 Å². The fourth-order valence-electron chi connectivity index (χ4n) is 4.61. The first-order chi connectivity index (χ1) is 15.4. The summed E-state index contributed by atoms with van der Waals surface area (Å²) in [5, 5.41) is 4.88. The van der Waals surface area contributed by atoms with Crippen molar-refractivity contribution in [3.8, 4) is 5.75 Å². The van der Waals surface area contributed by atoms with Crippen LogP contribution in [0.4, 0.5) is 4.79 Å². The highest BCUT2D eigenvalue weighted by Gasteiger charge is 2.52. The number of hydrogen-bond donors (Lipinski definition) is 1. The molecule has 1 atom stereocenters. The van der Waals surface area contributed by atoms with Gasteiger partial charge >= 0.3 is 6.03 Å². The van der Waals surface area contributed by atoms with Gasteiger partial charge in [-0.15, -0.1) is 11.3 Å². The molecule has 170 valence electrons.